The van der Waals surface area contributed by atoms with Crippen molar-refractivity contribution in [2.24, 2.45) is 0 Å². The van der Waals surface area contributed by atoms with Gasteiger partial charge in [-0.1, -0.05) is 48.0 Å². The van der Waals surface area contributed by atoms with E-state index in [9.17, 15) is 13.6 Å². The van der Waals surface area contributed by atoms with Gasteiger partial charge in [-0.25, -0.2) is 13.5 Å². The number of alkyl halides is 2. The summed E-state index contributed by atoms with van der Waals surface area (Å²) in [7, 11) is 0. The highest BCUT2D eigenvalue weighted by Crippen LogP contribution is 2.38. The molecule has 0 fully saturated rings. The van der Waals surface area contributed by atoms with Crippen LogP contribution in [0.3, 0.4) is 0 Å². The molecule has 0 aliphatic carbocycles. The van der Waals surface area contributed by atoms with Gasteiger partial charge in [0, 0.05) is 12.5 Å². The second kappa shape index (κ2) is 7.55. The van der Waals surface area contributed by atoms with Crippen LogP contribution < -0.4 is 4.74 Å². The van der Waals surface area contributed by atoms with Gasteiger partial charge in [0.2, 0.25) is 0 Å². The number of amides is 1. The van der Waals surface area contributed by atoms with Crippen molar-refractivity contribution < 1.29 is 18.3 Å². The van der Waals surface area contributed by atoms with Gasteiger partial charge in [-0.15, -0.1) is 0 Å². The molecule has 30 heavy (non-hydrogen) atoms. The van der Waals surface area contributed by atoms with Gasteiger partial charge in [0.1, 0.15) is 12.3 Å². The number of halogens is 2. The maximum absolute atomic E-state index is 13.6. The third kappa shape index (κ3) is 3.79. The number of hydrogen-bond acceptors (Lipinski definition) is 3. The average Bonchev–Trinajstić information content (AvgIpc) is 2.99. The lowest BCUT2D eigenvalue weighted by Gasteiger charge is -2.23. The number of carbonyl (C=O) groups is 1. The quantitative estimate of drug-likeness (QED) is 0.628. The summed E-state index contributed by atoms with van der Waals surface area (Å²) in [4.78, 5) is 14.2. The van der Waals surface area contributed by atoms with Gasteiger partial charge >= 0.3 is 0 Å². The second-order valence-corrected chi connectivity index (χ2v) is 7.74. The van der Waals surface area contributed by atoms with Crippen molar-refractivity contribution >= 4 is 5.91 Å². The number of aromatic nitrogens is 2. The summed E-state index contributed by atoms with van der Waals surface area (Å²) < 4.78 is 34.9. The molecular weight excluding hydrogens is 388 g/mol. The van der Waals surface area contributed by atoms with E-state index in [1.807, 2.05) is 62.4 Å². The lowest BCUT2D eigenvalue weighted by molar-refractivity contribution is -0.0119. The molecule has 0 radical (unpaired) electrons. The summed E-state index contributed by atoms with van der Waals surface area (Å²) >= 11 is 0. The van der Waals surface area contributed by atoms with Crippen LogP contribution in [0.4, 0.5) is 8.78 Å². The Bertz CT molecular complexity index is 1080. The van der Waals surface area contributed by atoms with E-state index >= 15 is 0 Å². The third-order valence-electron chi connectivity index (χ3n) is 5.08. The summed E-state index contributed by atoms with van der Waals surface area (Å²) in [6.07, 6.45) is 0. The van der Waals surface area contributed by atoms with Crippen LogP contribution >= 0.6 is 0 Å². The van der Waals surface area contributed by atoms with E-state index in [0.717, 1.165) is 34.2 Å². The molecule has 5 nitrogen and oxygen atoms in total. The molecule has 4 rings (SSSR count). The first-order valence-corrected chi connectivity index (χ1v) is 9.80. The molecule has 156 valence electrons. The van der Waals surface area contributed by atoms with Crippen LogP contribution in [0.15, 0.2) is 48.5 Å². The minimum atomic E-state index is -3.00. The zero-order valence-corrected chi connectivity index (χ0v) is 17.2. The van der Waals surface area contributed by atoms with E-state index in [0.29, 0.717) is 11.4 Å². The Morgan fingerprint density at radius 2 is 1.80 bits per heavy atom. The minimum Gasteiger partial charge on any atom is -0.487 e. The highest BCUT2D eigenvalue weighted by atomic mass is 19.3. The third-order valence-corrected chi connectivity index (χ3v) is 5.08. The van der Waals surface area contributed by atoms with Crippen LogP contribution in [0.5, 0.6) is 5.75 Å². The van der Waals surface area contributed by atoms with Crippen molar-refractivity contribution in [3.63, 3.8) is 0 Å². The largest absolute Gasteiger partial charge is 0.487 e. The normalized spacial score (nSPS) is 14.3. The molecule has 0 saturated carbocycles. The van der Waals surface area contributed by atoms with Crippen molar-refractivity contribution in [2.45, 2.75) is 26.7 Å². The summed E-state index contributed by atoms with van der Waals surface area (Å²) in [5, 5.41) is 4.56. The number of fused-ring (bicyclic) bond motifs is 1. The number of ether oxygens (including phenoxy) is 1. The number of aryl methyl sites for hydroxylation is 2. The van der Waals surface area contributed by atoms with Gasteiger partial charge in [0.15, 0.2) is 11.4 Å². The number of nitrogens with zero attached hydrogens (tertiary/aromatic N) is 3. The summed E-state index contributed by atoms with van der Waals surface area (Å²) in [6.45, 7) is 4.27. The molecule has 0 N–H and O–H groups in total. The monoisotopic (exact) mass is 411 g/mol. The van der Waals surface area contributed by atoms with Gasteiger partial charge in [-0.3, -0.25) is 4.79 Å². The van der Waals surface area contributed by atoms with Gasteiger partial charge in [-0.05, 0) is 25.5 Å². The lowest BCUT2D eigenvalue weighted by Crippen LogP contribution is -2.40. The minimum absolute atomic E-state index is 0.0515. The van der Waals surface area contributed by atoms with Crippen LogP contribution in [0.2, 0.25) is 0 Å². The molecule has 0 bridgehead atoms. The zero-order valence-electron chi connectivity index (χ0n) is 17.2. The number of benzene rings is 2. The lowest BCUT2D eigenvalue weighted by atomic mass is 10.1. The molecule has 2 aromatic carbocycles. The van der Waals surface area contributed by atoms with Crippen LogP contribution in [-0.4, -0.2) is 46.2 Å². The molecule has 0 saturated heterocycles. The standard InChI is InChI=1S/C23H23F2N3O2/c1-15-8-10-17(11-9-15)20-21-19(26-28(20)18-7-5-4-6-16(18)2)22(29)27(12-13-30-21)14-23(3,24)25/h4-11H,12-14H2,1-3H3. The van der Waals surface area contributed by atoms with Crippen molar-refractivity contribution in [2.75, 3.05) is 19.7 Å². The Morgan fingerprint density at radius 3 is 2.47 bits per heavy atom. The fourth-order valence-electron chi connectivity index (χ4n) is 3.62. The predicted molar refractivity (Wildman–Crippen MR) is 110 cm³/mol. The Balaban J connectivity index is 1.91. The number of rotatable bonds is 4. The molecule has 0 atom stereocenters. The van der Waals surface area contributed by atoms with Gasteiger partial charge in [-0.2, -0.15) is 5.10 Å². The summed E-state index contributed by atoms with van der Waals surface area (Å²) in [6, 6.07) is 15.5. The van der Waals surface area contributed by atoms with E-state index in [1.165, 1.54) is 0 Å². The summed E-state index contributed by atoms with van der Waals surface area (Å²) in [5.41, 5.74) is 4.38. The molecule has 7 heteroatoms. The fraction of sp³-hybridized carbons (Fsp3) is 0.304. The fourth-order valence-corrected chi connectivity index (χ4v) is 3.62. The number of para-hydroxylation sites is 1. The first kappa shape index (κ1) is 20.1. The maximum Gasteiger partial charge on any atom is 0.278 e. The maximum atomic E-state index is 13.6. The highest BCUT2D eigenvalue weighted by molar-refractivity contribution is 5.98. The van der Waals surface area contributed by atoms with Crippen molar-refractivity contribution in [1.82, 2.24) is 14.7 Å². The Hall–Kier alpha value is -3.22. The SMILES string of the molecule is Cc1ccc(-c2c3c(nn2-c2ccccc2C)C(=O)N(CC(C)(F)F)CCO3)cc1. The highest BCUT2D eigenvalue weighted by Gasteiger charge is 2.36. The molecule has 1 aromatic heterocycles. The Labute approximate surface area is 173 Å². The molecule has 1 aliphatic rings. The zero-order chi connectivity index (χ0) is 21.5. The molecule has 1 amide bonds. The first-order chi connectivity index (χ1) is 14.2. The molecule has 2 heterocycles. The van der Waals surface area contributed by atoms with Crippen molar-refractivity contribution in [3.05, 3.63) is 65.4 Å². The van der Waals surface area contributed by atoms with Crippen LogP contribution in [0.1, 0.15) is 28.5 Å². The molecule has 0 spiro atoms. The van der Waals surface area contributed by atoms with Crippen molar-refractivity contribution in [1.29, 1.82) is 0 Å². The second-order valence-electron chi connectivity index (χ2n) is 7.74. The smallest absolute Gasteiger partial charge is 0.278 e. The van der Waals surface area contributed by atoms with E-state index < -0.39 is 18.4 Å². The van der Waals surface area contributed by atoms with Crippen LogP contribution in [0, 0.1) is 13.8 Å². The van der Waals surface area contributed by atoms with Crippen LogP contribution in [-0.2, 0) is 0 Å². The van der Waals surface area contributed by atoms with Crippen molar-refractivity contribution in [3.8, 4) is 22.7 Å². The number of hydrogen-bond donors (Lipinski definition) is 0. The van der Waals surface area contributed by atoms with E-state index in [4.69, 9.17) is 4.74 Å². The van der Waals surface area contributed by atoms with Gasteiger partial charge < -0.3 is 9.64 Å². The first-order valence-electron chi connectivity index (χ1n) is 9.80. The van der Waals surface area contributed by atoms with E-state index in [2.05, 4.69) is 5.10 Å². The van der Waals surface area contributed by atoms with Gasteiger partial charge in [0.05, 0.1) is 18.8 Å². The topological polar surface area (TPSA) is 47.4 Å². The van der Waals surface area contributed by atoms with E-state index in [-0.39, 0.29) is 18.8 Å². The van der Waals surface area contributed by atoms with E-state index in [1.54, 1.807) is 4.68 Å². The Kier molecular flexibility index (Phi) is 5.05. The molecule has 1 aliphatic heterocycles. The predicted octanol–water partition coefficient (Wildman–Crippen LogP) is 4.65. The Morgan fingerprint density at radius 1 is 1.10 bits per heavy atom. The number of carbonyl (C=O) groups excluding carboxylic acids is 1. The molecule has 0 unspecified atom stereocenters. The molecule has 3 aromatic rings. The van der Waals surface area contributed by atoms with Gasteiger partial charge in [0.25, 0.3) is 11.8 Å². The summed E-state index contributed by atoms with van der Waals surface area (Å²) in [5.74, 6) is -3.22. The molecular formula is C23H23F2N3O2. The average molecular weight is 411 g/mol. The van der Waals surface area contributed by atoms with Crippen LogP contribution in [0.25, 0.3) is 16.9 Å².